The van der Waals surface area contributed by atoms with E-state index in [2.05, 4.69) is 15.5 Å². The molecule has 3 rings (SSSR count). The maximum absolute atomic E-state index is 13.6. The molecule has 0 bridgehead atoms. The highest BCUT2D eigenvalue weighted by atomic mass is 32.2. The number of aromatic nitrogens is 3. The molecule has 142 valence electrons. The van der Waals surface area contributed by atoms with Gasteiger partial charge >= 0.3 is 0 Å². The molecule has 0 aliphatic rings. The van der Waals surface area contributed by atoms with Gasteiger partial charge < -0.3 is 9.73 Å². The zero-order chi connectivity index (χ0) is 19.4. The van der Waals surface area contributed by atoms with Crippen LogP contribution in [0, 0.1) is 11.6 Å². The van der Waals surface area contributed by atoms with E-state index in [-0.39, 0.29) is 17.4 Å². The summed E-state index contributed by atoms with van der Waals surface area (Å²) < 4.78 is 34.1. The molecule has 3 aromatic rings. The van der Waals surface area contributed by atoms with Crippen LogP contribution < -0.4 is 5.32 Å². The summed E-state index contributed by atoms with van der Waals surface area (Å²) in [6.07, 6.45) is 1.59. The molecule has 0 saturated carbocycles. The van der Waals surface area contributed by atoms with E-state index in [0.717, 1.165) is 41.5 Å². The standard InChI is InChI=1S/C18H18F2N4O2S/c1-11(2)17-22-23-18(24(17)9-13-4-3-7-26-13)27-10-16(25)21-15-8-12(19)5-6-14(15)20/h3-8,11H,9-10H2,1-2H3,(H,21,25). The Bertz CT molecular complexity index is 926. The molecule has 0 aliphatic carbocycles. The molecule has 1 aromatic carbocycles. The number of hydrogen-bond donors (Lipinski definition) is 1. The number of carbonyl (C=O) groups excluding carboxylic acids is 1. The summed E-state index contributed by atoms with van der Waals surface area (Å²) in [4.78, 5) is 12.1. The third-order valence-corrected chi connectivity index (χ3v) is 4.66. The average Bonchev–Trinajstić information content (AvgIpc) is 3.27. The number of nitrogens with zero attached hydrogens (tertiary/aromatic N) is 3. The number of rotatable bonds is 7. The van der Waals surface area contributed by atoms with E-state index in [0.29, 0.717) is 11.7 Å². The molecule has 1 amide bonds. The van der Waals surface area contributed by atoms with Crippen LogP contribution >= 0.6 is 11.8 Å². The largest absolute Gasteiger partial charge is 0.467 e. The number of carbonyl (C=O) groups is 1. The van der Waals surface area contributed by atoms with Crippen LogP contribution in [0.2, 0.25) is 0 Å². The minimum atomic E-state index is -0.696. The first-order chi connectivity index (χ1) is 12.9. The Hall–Kier alpha value is -2.68. The van der Waals surface area contributed by atoms with Crippen molar-refractivity contribution in [2.45, 2.75) is 31.5 Å². The van der Waals surface area contributed by atoms with E-state index in [4.69, 9.17) is 4.42 Å². The van der Waals surface area contributed by atoms with Crippen molar-refractivity contribution in [1.82, 2.24) is 14.8 Å². The van der Waals surface area contributed by atoms with E-state index in [1.807, 2.05) is 24.5 Å². The number of halogens is 2. The SMILES string of the molecule is CC(C)c1nnc(SCC(=O)Nc2cc(F)ccc2F)n1Cc1ccco1. The predicted molar refractivity (Wildman–Crippen MR) is 97.6 cm³/mol. The normalized spacial score (nSPS) is 11.1. The van der Waals surface area contributed by atoms with Crippen molar-refractivity contribution in [3.8, 4) is 0 Å². The zero-order valence-electron chi connectivity index (χ0n) is 14.8. The van der Waals surface area contributed by atoms with Gasteiger partial charge in [-0.3, -0.25) is 9.36 Å². The van der Waals surface area contributed by atoms with Gasteiger partial charge in [0.25, 0.3) is 0 Å². The van der Waals surface area contributed by atoms with Gasteiger partial charge in [0.15, 0.2) is 5.16 Å². The van der Waals surface area contributed by atoms with Crippen LogP contribution in [0.5, 0.6) is 0 Å². The number of hydrogen-bond acceptors (Lipinski definition) is 5. The van der Waals surface area contributed by atoms with Crippen molar-refractivity contribution in [3.05, 3.63) is 59.8 Å². The van der Waals surface area contributed by atoms with Crippen molar-refractivity contribution in [2.75, 3.05) is 11.1 Å². The van der Waals surface area contributed by atoms with Gasteiger partial charge in [0.05, 0.1) is 24.2 Å². The minimum Gasteiger partial charge on any atom is -0.467 e. The summed E-state index contributed by atoms with van der Waals surface area (Å²) in [7, 11) is 0. The van der Waals surface area contributed by atoms with Crippen LogP contribution in [0.15, 0.2) is 46.2 Å². The lowest BCUT2D eigenvalue weighted by Crippen LogP contribution is -2.16. The fraction of sp³-hybridized carbons (Fsp3) is 0.278. The molecule has 2 heterocycles. The maximum Gasteiger partial charge on any atom is 0.234 e. The van der Waals surface area contributed by atoms with Gasteiger partial charge in [-0.1, -0.05) is 25.6 Å². The lowest BCUT2D eigenvalue weighted by Gasteiger charge is -2.11. The Kier molecular flexibility index (Phi) is 5.90. The first-order valence-corrected chi connectivity index (χ1v) is 9.25. The first kappa shape index (κ1) is 19.1. The fourth-order valence-electron chi connectivity index (χ4n) is 2.45. The van der Waals surface area contributed by atoms with Crippen LogP contribution in [-0.4, -0.2) is 26.4 Å². The quantitative estimate of drug-likeness (QED) is 0.614. The maximum atomic E-state index is 13.6. The monoisotopic (exact) mass is 392 g/mol. The molecule has 9 heteroatoms. The third-order valence-electron chi connectivity index (χ3n) is 3.69. The molecule has 1 N–H and O–H groups in total. The number of amides is 1. The Morgan fingerprint density at radius 2 is 2.11 bits per heavy atom. The Labute approximate surface area is 159 Å². The lowest BCUT2D eigenvalue weighted by atomic mass is 10.2. The molecule has 0 saturated heterocycles. The van der Waals surface area contributed by atoms with E-state index < -0.39 is 17.5 Å². The molecule has 6 nitrogen and oxygen atoms in total. The summed E-state index contributed by atoms with van der Waals surface area (Å²) in [6, 6.07) is 6.53. The lowest BCUT2D eigenvalue weighted by molar-refractivity contribution is -0.113. The van der Waals surface area contributed by atoms with Crippen molar-refractivity contribution in [1.29, 1.82) is 0 Å². The second-order valence-corrected chi connectivity index (χ2v) is 7.06. The summed E-state index contributed by atoms with van der Waals surface area (Å²) in [6.45, 7) is 4.43. The second-order valence-electron chi connectivity index (χ2n) is 6.12. The Morgan fingerprint density at radius 3 is 2.81 bits per heavy atom. The third kappa shape index (κ3) is 4.73. The van der Waals surface area contributed by atoms with Crippen LogP contribution in [-0.2, 0) is 11.3 Å². The van der Waals surface area contributed by atoms with Gasteiger partial charge in [-0.2, -0.15) is 0 Å². The van der Waals surface area contributed by atoms with E-state index >= 15 is 0 Å². The molecule has 0 spiro atoms. The molecular formula is C18H18F2N4O2S. The molecular weight excluding hydrogens is 374 g/mol. The summed E-state index contributed by atoms with van der Waals surface area (Å²) in [5.41, 5.74) is -0.194. The minimum absolute atomic E-state index is 0.0235. The van der Waals surface area contributed by atoms with Gasteiger partial charge in [-0.25, -0.2) is 8.78 Å². The van der Waals surface area contributed by atoms with Gasteiger partial charge in [-0.15, -0.1) is 10.2 Å². The summed E-state index contributed by atoms with van der Waals surface area (Å²) >= 11 is 1.16. The Morgan fingerprint density at radius 1 is 1.30 bits per heavy atom. The molecule has 0 fully saturated rings. The average molecular weight is 392 g/mol. The first-order valence-electron chi connectivity index (χ1n) is 8.27. The summed E-state index contributed by atoms with van der Waals surface area (Å²) in [5, 5.41) is 11.3. The number of nitrogens with one attached hydrogen (secondary N) is 1. The van der Waals surface area contributed by atoms with Crippen LogP contribution in [0.3, 0.4) is 0 Å². The van der Waals surface area contributed by atoms with Crippen molar-refractivity contribution in [3.63, 3.8) is 0 Å². The number of benzene rings is 1. The Balaban J connectivity index is 1.70. The fourth-order valence-corrected chi connectivity index (χ4v) is 3.20. The smallest absolute Gasteiger partial charge is 0.234 e. The number of thioether (sulfide) groups is 1. The summed E-state index contributed by atoms with van der Waals surface area (Å²) in [5.74, 6) is -0.169. The molecule has 0 atom stereocenters. The van der Waals surface area contributed by atoms with Crippen molar-refractivity contribution in [2.24, 2.45) is 0 Å². The molecule has 2 aromatic heterocycles. The number of anilines is 1. The highest BCUT2D eigenvalue weighted by Gasteiger charge is 2.18. The van der Waals surface area contributed by atoms with Crippen molar-refractivity contribution >= 4 is 23.4 Å². The van der Waals surface area contributed by atoms with Crippen LogP contribution in [0.1, 0.15) is 31.4 Å². The zero-order valence-corrected chi connectivity index (χ0v) is 15.6. The van der Waals surface area contributed by atoms with Gasteiger partial charge in [0.2, 0.25) is 5.91 Å². The molecule has 0 aliphatic heterocycles. The second kappa shape index (κ2) is 8.34. The van der Waals surface area contributed by atoms with Gasteiger partial charge in [0, 0.05) is 12.0 Å². The molecule has 27 heavy (non-hydrogen) atoms. The van der Waals surface area contributed by atoms with E-state index in [9.17, 15) is 13.6 Å². The molecule has 0 unspecified atom stereocenters. The molecule has 0 radical (unpaired) electrons. The van der Waals surface area contributed by atoms with Crippen LogP contribution in [0.25, 0.3) is 0 Å². The van der Waals surface area contributed by atoms with Crippen LogP contribution in [0.4, 0.5) is 14.5 Å². The highest BCUT2D eigenvalue weighted by Crippen LogP contribution is 2.23. The van der Waals surface area contributed by atoms with E-state index in [1.54, 1.807) is 12.3 Å². The highest BCUT2D eigenvalue weighted by molar-refractivity contribution is 7.99. The van der Waals surface area contributed by atoms with Gasteiger partial charge in [-0.05, 0) is 24.3 Å². The van der Waals surface area contributed by atoms with Gasteiger partial charge in [0.1, 0.15) is 23.2 Å². The topological polar surface area (TPSA) is 73.0 Å². The van der Waals surface area contributed by atoms with E-state index in [1.165, 1.54) is 0 Å². The number of furan rings is 1. The van der Waals surface area contributed by atoms with Crippen molar-refractivity contribution < 1.29 is 18.0 Å². The predicted octanol–water partition coefficient (Wildman–Crippen LogP) is 4.05.